The van der Waals surface area contributed by atoms with Gasteiger partial charge < -0.3 is 19.8 Å². The third kappa shape index (κ3) is 4.98. The van der Waals surface area contributed by atoms with Gasteiger partial charge in [-0.25, -0.2) is 13.2 Å². The zero-order valence-corrected chi connectivity index (χ0v) is 25.1. The maximum atomic E-state index is 16.8. The van der Waals surface area contributed by atoms with Gasteiger partial charge in [-0.3, -0.25) is 4.90 Å². The van der Waals surface area contributed by atoms with Crippen LogP contribution in [0.4, 0.5) is 19.0 Å². The number of fused-ring (bicyclic) bond motifs is 3. The number of hydrogen-bond donors (Lipinski definition) is 2. The standard InChI is InChI=1S/C35H35F3N4O3/c1-3-23-26(36)10-9-21-7-4-8-24(28(21)23)29-27(37)17-25-31(30(29)38)39-33(40-32(25)41-15-5-12-34(2,44)19-41)45-20-35-13-6-16-42(35)22(18-43)11-14-35/h1,4,7-10,17,22,43-44H,5-6,11-16,18-20H2,2H3/t22-,34+,35-/m0/s1. The van der Waals surface area contributed by atoms with Crippen LogP contribution in [-0.2, 0) is 0 Å². The zero-order valence-electron chi connectivity index (χ0n) is 25.1. The van der Waals surface area contributed by atoms with Gasteiger partial charge in [0.25, 0.3) is 0 Å². The minimum Gasteiger partial charge on any atom is -0.461 e. The number of β-amino-alcohol motifs (C(OH)–C–C–N with tert-alkyl or cyclic N) is 1. The van der Waals surface area contributed by atoms with Gasteiger partial charge in [-0.05, 0) is 75.1 Å². The van der Waals surface area contributed by atoms with Crippen molar-refractivity contribution in [1.82, 2.24) is 14.9 Å². The maximum Gasteiger partial charge on any atom is 0.319 e. The third-order valence-electron chi connectivity index (χ3n) is 9.94. The summed E-state index contributed by atoms with van der Waals surface area (Å²) >= 11 is 0. The maximum absolute atomic E-state index is 16.8. The highest BCUT2D eigenvalue weighted by molar-refractivity contribution is 6.03. The number of hydrogen-bond acceptors (Lipinski definition) is 7. The highest BCUT2D eigenvalue weighted by Crippen LogP contribution is 2.44. The fourth-order valence-corrected chi connectivity index (χ4v) is 7.82. The van der Waals surface area contributed by atoms with Crippen LogP contribution in [0.25, 0.3) is 32.8 Å². The van der Waals surface area contributed by atoms with Crippen molar-refractivity contribution >= 4 is 27.5 Å². The lowest BCUT2D eigenvalue weighted by molar-refractivity contribution is 0.0446. The first-order valence-corrected chi connectivity index (χ1v) is 15.5. The molecule has 7 nitrogen and oxygen atoms in total. The molecule has 45 heavy (non-hydrogen) atoms. The Hall–Kier alpha value is -3.91. The molecule has 0 radical (unpaired) electrons. The van der Waals surface area contributed by atoms with Gasteiger partial charge in [-0.2, -0.15) is 9.97 Å². The van der Waals surface area contributed by atoms with Crippen molar-refractivity contribution in [1.29, 1.82) is 0 Å². The molecule has 4 aromatic rings. The van der Waals surface area contributed by atoms with Crippen LogP contribution in [0.1, 0.15) is 51.0 Å². The minimum atomic E-state index is -1.02. The van der Waals surface area contributed by atoms with Gasteiger partial charge in [-0.15, -0.1) is 6.42 Å². The lowest BCUT2D eigenvalue weighted by atomic mass is 9.92. The Morgan fingerprint density at radius 2 is 1.89 bits per heavy atom. The summed E-state index contributed by atoms with van der Waals surface area (Å²) in [5.74, 6) is 0.145. The average Bonchev–Trinajstić information content (AvgIpc) is 3.59. The second-order valence-electron chi connectivity index (χ2n) is 13.0. The van der Waals surface area contributed by atoms with E-state index in [-0.39, 0.29) is 76.1 Å². The van der Waals surface area contributed by atoms with Gasteiger partial charge in [0.15, 0.2) is 5.82 Å². The van der Waals surface area contributed by atoms with Crippen molar-refractivity contribution in [2.75, 3.05) is 37.7 Å². The summed E-state index contributed by atoms with van der Waals surface area (Å²) in [5, 5.41) is 21.7. The highest BCUT2D eigenvalue weighted by Gasteiger charge is 2.49. The lowest BCUT2D eigenvalue weighted by Crippen LogP contribution is -2.47. The van der Waals surface area contributed by atoms with E-state index in [1.165, 1.54) is 24.3 Å². The first-order chi connectivity index (χ1) is 21.6. The lowest BCUT2D eigenvalue weighted by Gasteiger charge is -2.38. The van der Waals surface area contributed by atoms with E-state index < -0.39 is 23.1 Å². The fourth-order valence-electron chi connectivity index (χ4n) is 7.82. The molecular weight excluding hydrogens is 581 g/mol. The minimum absolute atomic E-state index is 0.0545. The van der Waals surface area contributed by atoms with Crippen LogP contribution in [0.5, 0.6) is 6.01 Å². The van der Waals surface area contributed by atoms with Gasteiger partial charge in [0, 0.05) is 29.9 Å². The van der Waals surface area contributed by atoms with Crippen LogP contribution in [-0.4, -0.2) is 75.1 Å². The molecule has 10 heteroatoms. The molecule has 0 amide bonds. The molecule has 2 N–H and O–H groups in total. The van der Waals surface area contributed by atoms with Crippen LogP contribution in [0.3, 0.4) is 0 Å². The van der Waals surface area contributed by atoms with Gasteiger partial charge in [0.05, 0.1) is 28.9 Å². The Kier molecular flexibility index (Phi) is 7.39. The first-order valence-electron chi connectivity index (χ1n) is 15.5. The number of terminal acetylenes is 1. The summed E-state index contributed by atoms with van der Waals surface area (Å²) in [6.07, 6.45) is 10.5. The Balaban J connectivity index is 1.39. The zero-order chi connectivity index (χ0) is 31.5. The van der Waals surface area contributed by atoms with Gasteiger partial charge >= 0.3 is 6.01 Å². The molecule has 3 saturated heterocycles. The second-order valence-corrected chi connectivity index (χ2v) is 13.0. The predicted octanol–water partition coefficient (Wildman–Crippen LogP) is 5.57. The number of ether oxygens (including phenoxy) is 1. The molecule has 0 bridgehead atoms. The van der Waals surface area contributed by atoms with E-state index in [0.29, 0.717) is 24.8 Å². The Labute approximate surface area is 259 Å². The number of aliphatic hydroxyl groups excluding tert-OH is 1. The number of rotatable bonds is 6. The largest absolute Gasteiger partial charge is 0.461 e. The van der Waals surface area contributed by atoms with E-state index in [9.17, 15) is 14.6 Å². The molecule has 0 spiro atoms. The Morgan fingerprint density at radius 3 is 2.67 bits per heavy atom. The van der Waals surface area contributed by atoms with Gasteiger partial charge in [0.2, 0.25) is 0 Å². The number of anilines is 1. The normalized spacial score (nSPS) is 25.2. The van der Waals surface area contributed by atoms with E-state index in [4.69, 9.17) is 11.2 Å². The van der Waals surface area contributed by atoms with Crippen LogP contribution < -0.4 is 9.64 Å². The number of nitrogens with zero attached hydrogens (tertiary/aromatic N) is 4. The quantitative estimate of drug-likeness (QED) is 0.274. The summed E-state index contributed by atoms with van der Waals surface area (Å²) in [4.78, 5) is 13.3. The molecule has 4 heterocycles. The molecule has 3 aromatic carbocycles. The number of halogens is 3. The topological polar surface area (TPSA) is 82.0 Å². The summed E-state index contributed by atoms with van der Waals surface area (Å²) in [6, 6.07) is 8.84. The van der Waals surface area contributed by atoms with E-state index >= 15 is 8.78 Å². The SMILES string of the molecule is C#Cc1c(F)ccc2cccc(-c3c(F)cc4c(N5CCC[C@@](C)(O)C5)nc(OC[C@@]56CCCN5[C@H](CO)CC6)nc4c3F)c12. The number of aliphatic hydroxyl groups is 2. The number of piperidine rings is 1. The monoisotopic (exact) mass is 616 g/mol. The molecule has 0 aliphatic carbocycles. The molecule has 3 aliphatic heterocycles. The molecule has 7 rings (SSSR count). The van der Waals surface area contributed by atoms with Crippen molar-refractivity contribution in [2.24, 2.45) is 0 Å². The average molecular weight is 617 g/mol. The third-order valence-corrected chi connectivity index (χ3v) is 9.94. The van der Waals surface area contributed by atoms with Gasteiger partial charge in [-0.1, -0.05) is 30.2 Å². The molecular formula is C35H35F3N4O3. The van der Waals surface area contributed by atoms with Crippen LogP contribution in [0, 0.1) is 29.8 Å². The second kappa shape index (κ2) is 11.2. The molecule has 3 aliphatic rings. The molecule has 3 fully saturated rings. The van der Waals surface area contributed by atoms with Crippen LogP contribution in [0.2, 0.25) is 0 Å². The van der Waals surface area contributed by atoms with Crippen molar-refractivity contribution in [3.8, 4) is 29.5 Å². The highest BCUT2D eigenvalue weighted by atomic mass is 19.1. The molecule has 1 aromatic heterocycles. The Bertz CT molecular complexity index is 1860. The van der Waals surface area contributed by atoms with E-state index in [1.807, 2.05) is 4.90 Å². The fraction of sp³-hybridized carbons (Fsp3) is 0.429. The summed E-state index contributed by atoms with van der Waals surface area (Å²) in [5.41, 5.74) is -1.78. The van der Waals surface area contributed by atoms with Crippen molar-refractivity contribution in [2.45, 2.75) is 62.6 Å². The van der Waals surface area contributed by atoms with E-state index in [2.05, 4.69) is 20.8 Å². The van der Waals surface area contributed by atoms with Crippen LogP contribution in [0.15, 0.2) is 36.4 Å². The molecule has 3 atom stereocenters. The summed E-state index contributed by atoms with van der Waals surface area (Å²) in [7, 11) is 0. The van der Waals surface area contributed by atoms with Crippen molar-refractivity contribution < 1.29 is 28.1 Å². The summed E-state index contributed by atoms with van der Waals surface area (Å²) in [6.45, 7) is 3.67. The number of benzene rings is 3. The van der Waals surface area contributed by atoms with Crippen molar-refractivity contribution in [3.63, 3.8) is 0 Å². The molecule has 234 valence electrons. The van der Waals surface area contributed by atoms with Crippen LogP contribution >= 0.6 is 0 Å². The number of aromatic nitrogens is 2. The van der Waals surface area contributed by atoms with Crippen molar-refractivity contribution in [3.05, 3.63) is 59.4 Å². The van der Waals surface area contributed by atoms with E-state index in [1.54, 1.807) is 19.1 Å². The first kappa shape index (κ1) is 29.8. The van der Waals surface area contributed by atoms with E-state index in [0.717, 1.165) is 32.2 Å². The Morgan fingerprint density at radius 1 is 1.07 bits per heavy atom. The summed E-state index contributed by atoms with van der Waals surface area (Å²) < 4.78 is 54.0. The molecule has 0 unspecified atom stereocenters. The smallest absolute Gasteiger partial charge is 0.319 e. The molecule has 0 saturated carbocycles. The van der Waals surface area contributed by atoms with Gasteiger partial charge in [0.1, 0.15) is 29.6 Å². The predicted molar refractivity (Wildman–Crippen MR) is 167 cm³/mol.